The average molecular weight is 341 g/mol. The summed E-state index contributed by atoms with van der Waals surface area (Å²) in [5.74, 6) is -0.112. The van der Waals surface area contributed by atoms with E-state index in [2.05, 4.69) is 10.3 Å². The van der Waals surface area contributed by atoms with E-state index in [1.807, 2.05) is 36.4 Å². The van der Waals surface area contributed by atoms with Gasteiger partial charge >= 0.3 is 0 Å². The number of aromatic nitrogens is 1. The molecule has 2 N–H and O–H groups in total. The lowest BCUT2D eigenvalue weighted by Crippen LogP contribution is -2.25. The molecule has 0 radical (unpaired) electrons. The van der Waals surface area contributed by atoms with Crippen LogP contribution in [-0.2, 0) is 13.0 Å². The molecule has 3 aromatic rings. The van der Waals surface area contributed by atoms with E-state index < -0.39 is 0 Å². The third-order valence-corrected chi connectivity index (χ3v) is 4.03. The van der Waals surface area contributed by atoms with Gasteiger partial charge in [0.1, 0.15) is 5.15 Å². The predicted molar refractivity (Wildman–Crippen MR) is 95.2 cm³/mol. The molecule has 2 aromatic carbocycles. The zero-order chi connectivity index (χ0) is 16.9. The van der Waals surface area contributed by atoms with Crippen molar-refractivity contribution < 1.29 is 9.90 Å². The van der Waals surface area contributed by atoms with E-state index in [4.69, 9.17) is 16.7 Å². The molecule has 122 valence electrons. The highest BCUT2D eigenvalue weighted by Gasteiger charge is 2.07. The number of pyridine rings is 1. The number of nitrogens with one attached hydrogen (secondary N) is 1. The van der Waals surface area contributed by atoms with Gasteiger partial charge in [-0.1, -0.05) is 35.9 Å². The number of halogens is 1. The van der Waals surface area contributed by atoms with E-state index in [0.29, 0.717) is 17.3 Å². The maximum Gasteiger partial charge on any atom is 0.251 e. The molecular weight excluding hydrogens is 324 g/mol. The third kappa shape index (κ3) is 3.91. The Labute approximate surface area is 145 Å². The van der Waals surface area contributed by atoms with Gasteiger partial charge in [-0.05, 0) is 47.9 Å². The quantitative estimate of drug-likeness (QED) is 0.700. The van der Waals surface area contributed by atoms with E-state index >= 15 is 0 Å². The Hall–Kier alpha value is -2.43. The minimum Gasteiger partial charge on any atom is -0.392 e. The van der Waals surface area contributed by atoms with E-state index in [-0.39, 0.29) is 12.5 Å². The minimum atomic E-state index is -0.112. The molecule has 4 nitrogen and oxygen atoms in total. The lowest BCUT2D eigenvalue weighted by molar-refractivity contribution is 0.0954. The van der Waals surface area contributed by atoms with Gasteiger partial charge in [-0.15, -0.1) is 0 Å². The Bertz CT molecular complexity index is 863. The number of carbonyl (C=O) groups is 1. The fourth-order valence-corrected chi connectivity index (χ4v) is 2.63. The Morgan fingerprint density at radius 1 is 1.04 bits per heavy atom. The molecule has 0 aliphatic rings. The number of hydrogen-bond acceptors (Lipinski definition) is 3. The number of amides is 1. The molecule has 0 aliphatic heterocycles. The van der Waals surface area contributed by atoms with Crippen LogP contribution < -0.4 is 5.32 Å². The Balaban J connectivity index is 1.61. The molecule has 1 amide bonds. The topological polar surface area (TPSA) is 62.2 Å². The predicted octanol–water partition coefficient (Wildman–Crippen LogP) is 3.35. The number of rotatable bonds is 5. The van der Waals surface area contributed by atoms with Gasteiger partial charge in [-0.25, -0.2) is 4.98 Å². The molecule has 0 fully saturated rings. The molecule has 0 saturated heterocycles. The number of aliphatic hydroxyl groups is 1. The second-order valence-electron chi connectivity index (χ2n) is 5.52. The maximum absolute atomic E-state index is 12.3. The molecule has 0 aliphatic carbocycles. The maximum atomic E-state index is 12.3. The van der Waals surface area contributed by atoms with Crippen LogP contribution in [0.5, 0.6) is 0 Å². The lowest BCUT2D eigenvalue weighted by atomic mass is 10.1. The monoisotopic (exact) mass is 340 g/mol. The zero-order valence-electron chi connectivity index (χ0n) is 13.0. The SMILES string of the molecule is O=C(NCCc1ccc(CO)cc1)c1ccc2nc(Cl)ccc2c1. The highest BCUT2D eigenvalue weighted by atomic mass is 35.5. The van der Waals surface area contributed by atoms with E-state index in [9.17, 15) is 4.79 Å². The van der Waals surface area contributed by atoms with Crippen LogP contribution in [0, 0.1) is 0 Å². The van der Waals surface area contributed by atoms with Gasteiger partial charge < -0.3 is 10.4 Å². The first-order valence-electron chi connectivity index (χ1n) is 7.69. The second kappa shape index (κ2) is 7.43. The lowest BCUT2D eigenvalue weighted by Gasteiger charge is -2.07. The van der Waals surface area contributed by atoms with Crippen molar-refractivity contribution in [3.63, 3.8) is 0 Å². The van der Waals surface area contributed by atoms with Crippen LogP contribution in [0.2, 0.25) is 5.15 Å². The highest BCUT2D eigenvalue weighted by Crippen LogP contribution is 2.17. The largest absolute Gasteiger partial charge is 0.392 e. The summed E-state index contributed by atoms with van der Waals surface area (Å²) in [6, 6.07) is 16.6. The van der Waals surface area contributed by atoms with Crippen molar-refractivity contribution in [2.75, 3.05) is 6.54 Å². The van der Waals surface area contributed by atoms with Crippen LogP contribution in [0.4, 0.5) is 0 Å². The Kier molecular flexibility index (Phi) is 5.08. The Morgan fingerprint density at radius 3 is 2.54 bits per heavy atom. The molecule has 1 heterocycles. The van der Waals surface area contributed by atoms with Crippen LogP contribution in [0.15, 0.2) is 54.6 Å². The second-order valence-corrected chi connectivity index (χ2v) is 5.91. The highest BCUT2D eigenvalue weighted by molar-refractivity contribution is 6.29. The van der Waals surface area contributed by atoms with Crippen molar-refractivity contribution in [1.82, 2.24) is 10.3 Å². The third-order valence-electron chi connectivity index (χ3n) is 3.82. The summed E-state index contributed by atoms with van der Waals surface area (Å²) < 4.78 is 0. The van der Waals surface area contributed by atoms with Crippen molar-refractivity contribution in [2.24, 2.45) is 0 Å². The van der Waals surface area contributed by atoms with Gasteiger partial charge in [0.15, 0.2) is 0 Å². The molecule has 3 rings (SSSR count). The number of carbonyl (C=O) groups excluding carboxylic acids is 1. The van der Waals surface area contributed by atoms with Crippen LogP contribution >= 0.6 is 11.6 Å². The number of benzene rings is 2. The number of hydrogen-bond donors (Lipinski definition) is 2. The number of aliphatic hydroxyl groups excluding tert-OH is 1. The first kappa shape index (κ1) is 16.4. The summed E-state index contributed by atoms with van der Waals surface area (Å²) in [6.07, 6.45) is 0.738. The van der Waals surface area contributed by atoms with Crippen LogP contribution in [0.3, 0.4) is 0 Å². The molecule has 24 heavy (non-hydrogen) atoms. The van der Waals surface area contributed by atoms with Gasteiger partial charge in [-0.3, -0.25) is 4.79 Å². The average Bonchev–Trinajstić information content (AvgIpc) is 2.61. The van der Waals surface area contributed by atoms with E-state index in [0.717, 1.165) is 28.5 Å². The van der Waals surface area contributed by atoms with Gasteiger partial charge in [0.2, 0.25) is 0 Å². The molecule has 0 unspecified atom stereocenters. The number of fused-ring (bicyclic) bond motifs is 1. The molecule has 1 aromatic heterocycles. The summed E-state index contributed by atoms with van der Waals surface area (Å²) in [4.78, 5) is 16.5. The van der Waals surface area contributed by atoms with Crippen molar-refractivity contribution in [2.45, 2.75) is 13.0 Å². The van der Waals surface area contributed by atoms with Crippen LogP contribution in [0.1, 0.15) is 21.5 Å². The molecule has 0 spiro atoms. The summed E-state index contributed by atoms with van der Waals surface area (Å²) >= 11 is 5.86. The number of nitrogens with zero attached hydrogens (tertiary/aromatic N) is 1. The first-order valence-corrected chi connectivity index (χ1v) is 8.07. The van der Waals surface area contributed by atoms with E-state index in [1.54, 1.807) is 18.2 Å². The summed E-state index contributed by atoms with van der Waals surface area (Å²) in [7, 11) is 0. The van der Waals surface area contributed by atoms with Gasteiger partial charge in [-0.2, -0.15) is 0 Å². The first-order chi connectivity index (χ1) is 11.7. The summed E-state index contributed by atoms with van der Waals surface area (Å²) in [5, 5.41) is 13.3. The summed E-state index contributed by atoms with van der Waals surface area (Å²) in [6.45, 7) is 0.591. The van der Waals surface area contributed by atoms with E-state index in [1.165, 1.54) is 0 Å². The smallest absolute Gasteiger partial charge is 0.251 e. The van der Waals surface area contributed by atoms with Gasteiger partial charge in [0, 0.05) is 17.5 Å². The van der Waals surface area contributed by atoms with Crippen LogP contribution in [-0.4, -0.2) is 22.5 Å². The molecule has 5 heteroatoms. The van der Waals surface area contributed by atoms with Crippen molar-refractivity contribution in [1.29, 1.82) is 0 Å². The zero-order valence-corrected chi connectivity index (χ0v) is 13.8. The standard InChI is InChI=1S/C19H17ClN2O2/c20-18-8-6-15-11-16(5-7-17(15)22-18)19(24)21-10-9-13-1-3-14(12-23)4-2-13/h1-8,11,23H,9-10,12H2,(H,21,24). The summed E-state index contributed by atoms with van der Waals surface area (Å²) in [5.41, 5.74) is 3.36. The van der Waals surface area contributed by atoms with Crippen molar-refractivity contribution >= 4 is 28.4 Å². The molecule has 0 atom stereocenters. The van der Waals surface area contributed by atoms with Crippen molar-refractivity contribution in [3.8, 4) is 0 Å². The molecular formula is C19H17ClN2O2. The van der Waals surface area contributed by atoms with Gasteiger partial charge in [0.25, 0.3) is 5.91 Å². The minimum absolute atomic E-state index is 0.0407. The fraction of sp³-hybridized carbons (Fsp3) is 0.158. The van der Waals surface area contributed by atoms with Crippen LogP contribution in [0.25, 0.3) is 10.9 Å². The fourth-order valence-electron chi connectivity index (χ4n) is 2.48. The molecule has 0 bridgehead atoms. The normalized spacial score (nSPS) is 10.8. The van der Waals surface area contributed by atoms with Gasteiger partial charge in [0.05, 0.1) is 12.1 Å². The Morgan fingerprint density at radius 2 is 1.79 bits per heavy atom. The molecule has 0 saturated carbocycles. The van der Waals surface area contributed by atoms with Crippen molar-refractivity contribution in [3.05, 3.63) is 76.4 Å².